The molecule has 0 aromatic heterocycles. The van der Waals surface area contributed by atoms with E-state index in [1.807, 2.05) is 0 Å². The van der Waals surface area contributed by atoms with Crippen molar-refractivity contribution < 1.29 is 0 Å². The van der Waals surface area contributed by atoms with Crippen LogP contribution in [-0.2, 0) is 0 Å². The number of hydrogen-bond acceptors (Lipinski definition) is 1. The summed E-state index contributed by atoms with van der Waals surface area (Å²) in [6.45, 7) is 13.0. The molecular formula is C19H25N. The summed E-state index contributed by atoms with van der Waals surface area (Å²) in [4.78, 5) is 0. The van der Waals surface area contributed by atoms with Crippen LogP contribution in [0.3, 0.4) is 0 Å². The summed E-state index contributed by atoms with van der Waals surface area (Å²) in [5.74, 6) is 0. The van der Waals surface area contributed by atoms with Crippen molar-refractivity contribution in [2.45, 2.75) is 47.6 Å². The van der Waals surface area contributed by atoms with Gasteiger partial charge >= 0.3 is 0 Å². The van der Waals surface area contributed by atoms with Gasteiger partial charge in [0.15, 0.2) is 0 Å². The molecule has 0 aliphatic carbocycles. The lowest BCUT2D eigenvalue weighted by Crippen LogP contribution is -2.17. The van der Waals surface area contributed by atoms with Crippen molar-refractivity contribution in [2.75, 3.05) is 0 Å². The minimum Gasteiger partial charge on any atom is -0.320 e. The van der Waals surface area contributed by atoms with Gasteiger partial charge in [-0.25, -0.2) is 0 Å². The van der Waals surface area contributed by atoms with Gasteiger partial charge in [0.1, 0.15) is 0 Å². The summed E-state index contributed by atoms with van der Waals surface area (Å²) < 4.78 is 0. The first kappa shape index (κ1) is 14.8. The average molecular weight is 267 g/mol. The van der Waals surface area contributed by atoms with Gasteiger partial charge in [-0.3, -0.25) is 0 Å². The first-order valence-corrected chi connectivity index (χ1v) is 7.23. The minimum atomic E-state index is -0.0477. The SMILES string of the molecule is Cc1cccc(C(N)c2c(C)c(C)cc(C)c2C)c1C. The summed E-state index contributed by atoms with van der Waals surface area (Å²) in [7, 11) is 0. The molecule has 0 spiro atoms. The quantitative estimate of drug-likeness (QED) is 0.846. The molecule has 0 fully saturated rings. The van der Waals surface area contributed by atoms with Gasteiger partial charge in [0.2, 0.25) is 0 Å². The zero-order valence-corrected chi connectivity index (χ0v) is 13.5. The third-order valence-electron chi connectivity index (χ3n) is 4.72. The molecule has 2 N–H and O–H groups in total. The average Bonchev–Trinajstić information content (AvgIpc) is 2.40. The van der Waals surface area contributed by atoms with E-state index < -0.39 is 0 Å². The number of nitrogens with two attached hydrogens (primary N) is 1. The number of benzene rings is 2. The van der Waals surface area contributed by atoms with Gasteiger partial charge in [-0.1, -0.05) is 24.3 Å². The second-order valence-electron chi connectivity index (χ2n) is 5.94. The molecule has 0 aliphatic heterocycles. The van der Waals surface area contributed by atoms with Crippen molar-refractivity contribution in [1.29, 1.82) is 0 Å². The van der Waals surface area contributed by atoms with Crippen LogP contribution in [0.25, 0.3) is 0 Å². The second kappa shape index (κ2) is 5.41. The Morgan fingerprint density at radius 1 is 0.750 bits per heavy atom. The van der Waals surface area contributed by atoms with Crippen LogP contribution in [0.5, 0.6) is 0 Å². The largest absolute Gasteiger partial charge is 0.320 e. The molecule has 2 rings (SSSR count). The van der Waals surface area contributed by atoms with Gasteiger partial charge in [-0.2, -0.15) is 0 Å². The van der Waals surface area contributed by atoms with E-state index in [1.54, 1.807) is 0 Å². The fourth-order valence-electron chi connectivity index (χ4n) is 2.98. The highest BCUT2D eigenvalue weighted by Crippen LogP contribution is 2.31. The van der Waals surface area contributed by atoms with Gasteiger partial charge in [-0.05, 0) is 86.1 Å². The topological polar surface area (TPSA) is 26.0 Å². The van der Waals surface area contributed by atoms with Crippen LogP contribution < -0.4 is 5.73 Å². The highest BCUT2D eigenvalue weighted by Gasteiger charge is 2.18. The van der Waals surface area contributed by atoms with Crippen LogP contribution in [-0.4, -0.2) is 0 Å². The lowest BCUT2D eigenvalue weighted by molar-refractivity contribution is 0.835. The van der Waals surface area contributed by atoms with Crippen molar-refractivity contribution >= 4 is 0 Å². The normalized spacial score (nSPS) is 12.6. The van der Waals surface area contributed by atoms with Crippen molar-refractivity contribution in [3.63, 3.8) is 0 Å². The Labute approximate surface area is 122 Å². The minimum absolute atomic E-state index is 0.0477. The fourth-order valence-corrected chi connectivity index (χ4v) is 2.98. The molecule has 1 unspecified atom stereocenters. The Morgan fingerprint density at radius 2 is 1.30 bits per heavy atom. The van der Waals surface area contributed by atoms with Crippen molar-refractivity contribution in [3.8, 4) is 0 Å². The van der Waals surface area contributed by atoms with Crippen LogP contribution in [0.4, 0.5) is 0 Å². The van der Waals surface area contributed by atoms with Crippen LogP contribution in [0.15, 0.2) is 24.3 Å². The van der Waals surface area contributed by atoms with Crippen LogP contribution in [0.2, 0.25) is 0 Å². The maximum absolute atomic E-state index is 6.63. The monoisotopic (exact) mass is 267 g/mol. The third kappa shape index (κ3) is 2.38. The van der Waals surface area contributed by atoms with E-state index in [9.17, 15) is 0 Å². The predicted molar refractivity (Wildman–Crippen MR) is 87.3 cm³/mol. The Balaban J connectivity index is 2.65. The molecule has 0 saturated heterocycles. The number of rotatable bonds is 2. The van der Waals surface area contributed by atoms with Gasteiger partial charge in [-0.15, -0.1) is 0 Å². The molecular weight excluding hydrogens is 242 g/mol. The molecule has 0 radical (unpaired) electrons. The van der Waals surface area contributed by atoms with E-state index in [0.717, 1.165) is 0 Å². The molecule has 1 heteroatoms. The van der Waals surface area contributed by atoms with Crippen LogP contribution in [0.1, 0.15) is 50.5 Å². The molecule has 1 nitrogen and oxygen atoms in total. The number of hydrogen-bond donors (Lipinski definition) is 1. The van der Waals surface area contributed by atoms with E-state index in [0.29, 0.717) is 0 Å². The Bertz CT molecular complexity index is 627. The van der Waals surface area contributed by atoms with Gasteiger partial charge in [0, 0.05) is 0 Å². The first-order valence-electron chi connectivity index (χ1n) is 7.23. The fraction of sp³-hybridized carbons (Fsp3) is 0.368. The van der Waals surface area contributed by atoms with Gasteiger partial charge < -0.3 is 5.73 Å². The maximum Gasteiger partial charge on any atom is 0.0559 e. The molecule has 2 aromatic carbocycles. The lowest BCUT2D eigenvalue weighted by Gasteiger charge is -2.23. The second-order valence-corrected chi connectivity index (χ2v) is 5.94. The zero-order valence-electron chi connectivity index (χ0n) is 13.5. The van der Waals surface area contributed by atoms with E-state index >= 15 is 0 Å². The summed E-state index contributed by atoms with van der Waals surface area (Å²) in [6.07, 6.45) is 0. The van der Waals surface area contributed by atoms with E-state index in [-0.39, 0.29) is 6.04 Å². The first-order chi connectivity index (χ1) is 9.34. The molecule has 0 saturated carbocycles. The Morgan fingerprint density at radius 3 is 1.85 bits per heavy atom. The highest BCUT2D eigenvalue weighted by molar-refractivity contribution is 5.50. The lowest BCUT2D eigenvalue weighted by atomic mass is 9.85. The van der Waals surface area contributed by atoms with E-state index in [1.165, 1.54) is 44.5 Å². The Hall–Kier alpha value is -1.60. The molecule has 2 aromatic rings. The number of aryl methyl sites for hydroxylation is 3. The van der Waals surface area contributed by atoms with Crippen LogP contribution in [0, 0.1) is 41.5 Å². The van der Waals surface area contributed by atoms with Crippen LogP contribution >= 0.6 is 0 Å². The van der Waals surface area contributed by atoms with E-state index in [2.05, 4.69) is 65.8 Å². The highest BCUT2D eigenvalue weighted by atomic mass is 14.6. The maximum atomic E-state index is 6.63. The Kier molecular flexibility index (Phi) is 4.01. The predicted octanol–water partition coefficient (Wildman–Crippen LogP) is 4.59. The third-order valence-corrected chi connectivity index (χ3v) is 4.72. The molecule has 20 heavy (non-hydrogen) atoms. The molecule has 0 aliphatic rings. The summed E-state index contributed by atoms with van der Waals surface area (Å²) >= 11 is 0. The van der Waals surface area contributed by atoms with Crippen molar-refractivity contribution in [3.05, 3.63) is 68.8 Å². The smallest absolute Gasteiger partial charge is 0.0559 e. The molecule has 1 atom stereocenters. The molecule has 0 bridgehead atoms. The molecule has 0 heterocycles. The standard InChI is InChI=1S/C19H25N/c1-11-8-7-9-17(14(11)4)19(20)18-15(5)12(2)10-13(3)16(18)6/h7-10,19H,20H2,1-6H3. The summed E-state index contributed by atoms with van der Waals surface area (Å²) in [5.41, 5.74) is 17.0. The van der Waals surface area contributed by atoms with Crippen molar-refractivity contribution in [2.24, 2.45) is 5.73 Å². The van der Waals surface area contributed by atoms with Crippen molar-refractivity contribution in [1.82, 2.24) is 0 Å². The van der Waals surface area contributed by atoms with Gasteiger partial charge in [0.25, 0.3) is 0 Å². The summed E-state index contributed by atoms with van der Waals surface area (Å²) in [5, 5.41) is 0. The molecule has 0 amide bonds. The summed E-state index contributed by atoms with van der Waals surface area (Å²) in [6, 6.07) is 8.61. The van der Waals surface area contributed by atoms with E-state index in [4.69, 9.17) is 5.73 Å². The molecule has 106 valence electrons. The zero-order chi connectivity index (χ0) is 15.0. The van der Waals surface area contributed by atoms with Gasteiger partial charge in [0.05, 0.1) is 6.04 Å².